The maximum Gasteiger partial charge on any atom is 0.241 e. The van der Waals surface area contributed by atoms with Crippen LogP contribution in [0.15, 0.2) is 18.2 Å². The number of nitrogens with one attached hydrogen (secondary N) is 1. The summed E-state index contributed by atoms with van der Waals surface area (Å²) in [5, 5.41) is 3.19. The van der Waals surface area contributed by atoms with Crippen LogP contribution in [0.1, 0.15) is 24.8 Å². The van der Waals surface area contributed by atoms with Gasteiger partial charge in [-0.05, 0) is 49.9 Å². The minimum absolute atomic E-state index is 0.188. The van der Waals surface area contributed by atoms with Crippen LogP contribution in [0, 0.1) is 6.92 Å². The molecule has 4 heteroatoms. The van der Waals surface area contributed by atoms with E-state index in [1.807, 2.05) is 30.0 Å². The van der Waals surface area contributed by atoms with Crippen molar-refractivity contribution in [2.24, 2.45) is 0 Å². The number of carbonyl (C=O) groups excluding carboxylic acids is 1. The van der Waals surface area contributed by atoms with Gasteiger partial charge in [0.1, 0.15) is 5.75 Å². The summed E-state index contributed by atoms with van der Waals surface area (Å²) >= 11 is 0. The first kappa shape index (κ1) is 13.7. The number of methoxy groups -OCH3 is 1. The van der Waals surface area contributed by atoms with Crippen LogP contribution in [0.3, 0.4) is 0 Å². The Morgan fingerprint density at radius 1 is 1.32 bits per heavy atom. The lowest BCUT2D eigenvalue weighted by Gasteiger charge is -2.27. The fourth-order valence-corrected chi connectivity index (χ4v) is 2.42. The monoisotopic (exact) mass is 262 g/mol. The Balaban J connectivity index is 1.87. The molecule has 0 spiro atoms. The van der Waals surface area contributed by atoms with Gasteiger partial charge in [0.2, 0.25) is 5.91 Å². The Bertz CT molecular complexity index is 440. The molecule has 19 heavy (non-hydrogen) atoms. The molecule has 1 fully saturated rings. The Morgan fingerprint density at radius 3 is 2.68 bits per heavy atom. The van der Waals surface area contributed by atoms with Crippen LogP contribution in [0.25, 0.3) is 0 Å². The van der Waals surface area contributed by atoms with Crippen molar-refractivity contribution in [3.05, 3.63) is 23.8 Å². The van der Waals surface area contributed by atoms with E-state index < -0.39 is 0 Å². The molecule has 1 heterocycles. The number of likely N-dealkylation sites (tertiary alicyclic amines) is 1. The van der Waals surface area contributed by atoms with Crippen molar-refractivity contribution >= 4 is 11.6 Å². The summed E-state index contributed by atoms with van der Waals surface area (Å²) in [5.74, 6) is 1.06. The molecule has 1 saturated heterocycles. The maximum atomic E-state index is 12.0. The third kappa shape index (κ3) is 3.63. The molecular weight excluding hydrogens is 240 g/mol. The van der Waals surface area contributed by atoms with Gasteiger partial charge >= 0.3 is 0 Å². The summed E-state index contributed by atoms with van der Waals surface area (Å²) in [6.45, 7) is 4.17. The number of nitrogens with zero attached hydrogens (tertiary/aromatic N) is 1. The van der Waals surface area contributed by atoms with Crippen LogP contribution < -0.4 is 10.1 Å². The van der Waals surface area contributed by atoms with Crippen LogP contribution in [-0.2, 0) is 4.79 Å². The minimum Gasteiger partial charge on any atom is -0.496 e. The number of piperidine rings is 1. The molecule has 1 aliphatic heterocycles. The topological polar surface area (TPSA) is 41.6 Å². The molecule has 0 aromatic heterocycles. The molecule has 1 aliphatic rings. The SMILES string of the molecule is COc1ccc(NCC(=O)N2CCCCC2)cc1C. The molecule has 0 saturated carbocycles. The third-order valence-corrected chi connectivity index (χ3v) is 3.55. The van der Waals surface area contributed by atoms with Gasteiger partial charge in [0.05, 0.1) is 13.7 Å². The van der Waals surface area contributed by atoms with E-state index in [-0.39, 0.29) is 5.91 Å². The molecule has 0 bridgehead atoms. The number of hydrogen-bond acceptors (Lipinski definition) is 3. The van der Waals surface area contributed by atoms with Gasteiger partial charge in [0.15, 0.2) is 0 Å². The first-order valence-electron chi connectivity index (χ1n) is 6.87. The fraction of sp³-hybridized carbons (Fsp3) is 0.533. The largest absolute Gasteiger partial charge is 0.496 e. The highest BCUT2D eigenvalue weighted by molar-refractivity contribution is 5.81. The van der Waals surface area contributed by atoms with E-state index in [1.165, 1.54) is 6.42 Å². The Labute approximate surface area is 114 Å². The molecule has 1 amide bonds. The van der Waals surface area contributed by atoms with E-state index >= 15 is 0 Å². The molecule has 2 rings (SSSR count). The number of benzene rings is 1. The lowest BCUT2D eigenvalue weighted by atomic mass is 10.1. The van der Waals surface area contributed by atoms with Crippen LogP contribution in [0.5, 0.6) is 5.75 Å². The van der Waals surface area contributed by atoms with E-state index in [2.05, 4.69) is 5.32 Å². The molecule has 104 valence electrons. The van der Waals surface area contributed by atoms with E-state index in [0.717, 1.165) is 42.9 Å². The lowest BCUT2D eigenvalue weighted by Crippen LogP contribution is -2.39. The summed E-state index contributed by atoms with van der Waals surface area (Å²) in [5.41, 5.74) is 2.03. The maximum absolute atomic E-state index is 12.0. The van der Waals surface area contributed by atoms with Crippen LogP contribution >= 0.6 is 0 Å². The molecule has 4 nitrogen and oxygen atoms in total. The quantitative estimate of drug-likeness (QED) is 0.906. The molecule has 1 N–H and O–H groups in total. The number of aryl methyl sites for hydroxylation is 1. The van der Waals surface area contributed by atoms with Crippen molar-refractivity contribution in [1.29, 1.82) is 0 Å². The van der Waals surface area contributed by atoms with Gasteiger partial charge in [-0.15, -0.1) is 0 Å². The summed E-state index contributed by atoms with van der Waals surface area (Å²) in [4.78, 5) is 14.0. The second kappa shape index (κ2) is 6.45. The van der Waals surface area contributed by atoms with Crippen molar-refractivity contribution in [1.82, 2.24) is 4.90 Å². The van der Waals surface area contributed by atoms with Gasteiger partial charge in [-0.3, -0.25) is 4.79 Å². The average Bonchev–Trinajstić information content (AvgIpc) is 2.46. The summed E-state index contributed by atoms with van der Waals surface area (Å²) in [6, 6.07) is 5.86. The first-order valence-corrected chi connectivity index (χ1v) is 6.87. The van der Waals surface area contributed by atoms with Crippen molar-refractivity contribution < 1.29 is 9.53 Å². The Morgan fingerprint density at radius 2 is 2.05 bits per heavy atom. The highest BCUT2D eigenvalue weighted by atomic mass is 16.5. The second-order valence-electron chi connectivity index (χ2n) is 4.98. The summed E-state index contributed by atoms with van der Waals surface area (Å²) in [6.07, 6.45) is 3.51. The van der Waals surface area contributed by atoms with Crippen molar-refractivity contribution in [2.75, 3.05) is 32.1 Å². The number of rotatable bonds is 4. The van der Waals surface area contributed by atoms with Gasteiger partial charge in [0, 0.05) is 18.8 Å². The van der Waals surface area contributed by atoms with E-state index in [0.29, 0.717) is 6.54 Å². The molecule has 0 atom stereocenters. The zero-order valence-corrected chi connectivity index (χ0v) is 11.7. The van der Waals surface area contributed by atoms with E-state index in [4.69, 9.17) is 4.74 Å². The number of carbonyl (C=O) groups is 1. The van der Waals surface area contributed by atoms with E-state index in [1.54, 1.807) is 7.11 Å². The zero-order chi connectivity index (χ0) is 13.7. The minimum atomic E-state index is 0.188. The van der Waals surface area contributed by atoms with Crippen molar-refractivity contribution in [2.45, 2.75) is 26.2 Å². The third-order valence-electron chi connectivity index (χ3n) is 3.55. The smallest absolute Gasteiger partial charge is 0.241 e. The van der Waals surface area contributed by atoms with Crippen molar-refractivity contribution in [3.63, 3.8) is 0 Å². The molecule has 1 aromatic carbocycles. The standard InChI is InChI=1S/C15H22N2O2/c1-12-10-13(6-7-14(12)19-2)16-11-15(18)17-8-4-3-5-9-17/h6-7,10,16H,3-5,8-9,11H2,1-2H3. The van der Waals surface area contributed by atoms with Gasteiger partial charge in [-0.1, -0.05) is 0 Å². The second-order valence-corrected chi connectivity index (χ2v) is 4.98. The molecule has 0 radical (unpaired) electrons. The highest BCUT2D eigenvalue weighted by Crippen LogP contribution is 2.21. The van der Waals surface area contributed by atoms with Gasteiger partial charge in [-0.25, -0.2) is 0 Å². The summed E-state index contributed by atoms with van der Waals surface area (Å²) in [7, 11) is 1.66. The number of ether oxygens (including phenoxy) is 1. The predicted octanol–water partition coefficient (Wildman–Crippen LogP) is 2.43. The average molecular weight is 262 g/mol. The molecular formula is C15H22N2O2. The molecule has 1 aromatic rings. The zero-order valence-electron chi connectivity index (χ0n) is 11.7. The van der Waals surface area contributed by atoms with Gasteiger partial charge in [0.25, 0.3) is 0 Å². The van der Waals surface area contributed by atoms with Crippen LogP contribution in [-0.4, -0.2) is 37.6 Å². The van der Waals surface area contributed by atoms with Gasteiger partial charge < -0.3 is 15.0 Å². The fourth-order valence-electron chi connectivity index (χ4n) is 2.42. The number of anilines is 1. The predicted molar refractivity (Wildman–Crippen MR) is 76.7 cm³/mol. The normalized spacial score (nSPS) is 15.2. The Kier molecular flexibility index (Phi) is 4.66. The molecule has 0 unspecified atom stereocenters. The number of amides is 1. The molecule has 0 aliphatic carbocycles. The first-order chi connectivity index (χ1) is 9.20. The van der Waals surface area contributed by atoms with Crippen LogP contribution in [0.4, 0.5) is 5.69 Å². The Hall–Kier alpha value is -1.71. The van der Waals surface area contributed by atoms with Crippen LogP contribution in [0.2, 0.25) is 0 Å². The van der Waals surface area contributed by atoms with Crippen molar-refractivity contribution in [3.8, 4) is 5.75 Å². The highest BCUT2D eigenvalue weighted by Gasteiger charge is 2.15. The van der Waals surface area contributed by atoms with E-state index in [9.17, 15) is 4.79 Å². The summed E-state index contributed by atoms with van der Waals surface area (Å²) < 4.78 is 5.22. The van der Waals surface area contributed by atoms with Gasteiger partial charge in [-0.2, -0.15) is 0 Å². The number of hydrogen-bond donors (Lipinski definition) is 1. The lowest BCUT2D eigenvalue weighted by molar-refractivity contribution is -0.130.